The molecule has 0 amide bonds. The molecule has 24 heavy (non-hydrogen) atoms. The van der Waals surface area contributed by atoms with Crippen LogP contribution in [0.2, 0.25) is 0 Å². The minimum Gasteiger partial charge on any atom is -0.487 e. The summed E-state index contributed by atoms with van der Waals surface area (Å²) in [5, 5.41) is 14.2. The van der Waals surface area contributed by atoms with Crippen LogP contribution in [0.5, 0.6) is 11.5 Å². The fourth-order valence-corrected chi connectivity index (χ4v) is 2.97. The van der Waals surface area contributed by atoms with Gasteiger partial charge in [-0.2, -0.15) is 0 Å². The summed E-state index contributed by atoms with van der Waals surface area (Å²) in [6, 6.07) is 5.83. The lowest BCUT2D eigenvalue weighted by Gasteiger charge is -2.35. The molecule has 5 heteroatoms. The van der Waals surface area contributed by atoms with Crippen molar-refractivity contribution in [2.75, 3.05) is 26.2 Å². The number of piperazine rings is 1. The minimum atomic E-state index is -0.550. The molecule has 5 nitrogen and oxygen atoms in total. The molecule has 0 bridgehead atoms. The van der Waals surface area contributed by atoms with E-state index < -0.39 is 6.10 Å². The van der Waals surface area contributed by atoms with E-state index in [9.17, 15) is 5.11 Å². The summed E-state index contributed by atoms with van der Waals surface area (Å²) < 4.78 is 11.7. The normalized spacial score (nSPS) is 18.7. The van der Waals surface area contributed by atoms with Crippen molar-refractivity contribution in [2.45, 2.75) is 59.0 Å². The van der Waals surface area contributed by atoms with E-state index in [1.54, 1.807) is 0 Å². The second-order valence-electron chi connectivity index (χ2n) is 7.01. The summed E-state index contributed by atoms with van der Waals surface area (Å²) >= 11 is 0. The van der Waals surface area contributed by atoms with Crippen molar-refractivity contribution in [2.24, 2.45) is 0 Å². The van der Waals surface area contributed by atoms with Gasteiger partial charge in [0.05, 0.1) is 18.3 Å². The Morgan fingerprint density at radius 1 is 0.958 bits per heavy atom. The Labute approximate surface area is 146 Å². The predicted octanol–water partition coefficient (Wildman–Crippen LogP) is 2.59. The van der Waals surface area contributed by atoms with Gasteiger partial charge in [0.2, 0.25) is 0 Å². The zero-order valence-electron chi connectivity index (χ0n) is 15.6. The van der Waals surface area contributed by atoms with E-state index in [1.165, 1.54) is 0 Å². The molecule has 1 aromatic carbocycles. The summed E-state index contributed by atoms with van der Waals surface area (Å²) in [6.07, 6.45) is -0.418. The highest BCUT2D eigenvalue weighted by molar-refractivity contribution is 5.44. The van der Waals surface area contributed by atoms with Gasteiger partial charge in [-0.05, 0) is 52.3 Å². The van der Waals surface area contributed by atoms with Crippen molar-refractivity contribution < 1.29 is 14.6 Å². The Kier molecular flexibility index (Phi) is 6.90. The molecule has 1 aliphatic heterocycles. The average Bonchev–Trinajstić information content (AvgIpc) is 2.55. The maximum absolute atomic E-state index is 10.8. The molecule has 1 heterocycles. The van der Waals surface area contributed by atoms with E-state index in [2.05, 4.69) is 17.1 Å². The summed E-state index contributed by atoms with van der Waals surface area (Å²) in [5.41, 5.74) is 0.868. The Balaban J connectivity index is 2.18. The predicted molar refractivity (Wildman–Crippen MR) is 96.8 cm³/mol. The SMILES string of the molecule is CC(C)Oc1ccc(C(O)C(C)N2CCNCC2)cc1OC(C)C. The maximum atomic E-state index is 10.8. The summed E-state index contributed by atoms with van der Waals surface area (Å²) in [7, 11) is 0. The molecule has 1 fully saturated rings. The largest absolute Gasteiger partial charge is 0.487 e. The first-order valence-electron chi connectivity index (χ1n) is 8.98. The van der Waals surface area contributed by atoms with Crippen LogP contribution in [0.25, 0.3) is 0 Å². The molecule has 2 rings (SSSR count). The third-order valence-electron chi connectivity index (χ3n) is 4.22. The van der Waals surface area contributed by atoms with Gasteiger partial charge in [0.1, 0.15) is 0 Å². The van der Waals surface area contributed by atoms with E-state index in [4.69, 9.17) is 9.47 Å². The fraction of sp³-hybridized carbons (Fsp3) is 0.684. The smallest absolute Gasteiger partial charge is 0.161 e. The minimum absolute atomic E-state index is 0.0532. The van der Waals surface area contributed by atoms with Crippen molar-refractivity contribution in [3.63, 3.8) is 0 Å². The number of aliphatic hydroxyl groups excluding tert-OH is 1. The second-order valence-corrected chi connectivity index (χ2v) is 7.01. The lowest BCUT2D eigenvalue weighted by atomic mass is 10.0. The van der Waals surface area contributed by atoms with Gasteiger partial charge in [0, 0.05) is 32.2 Å². The quantitative estimate of drug-likeness (QED) is 0.801. The van der Waals surface area contributed by atoms with Crippen molar-refractivity contribution >= 4 is 0 Å². The van der Waals surface area contributed by atoms with E-state index in [1.807, 2.05) is 45.9 Å². The molecule has 0 radical (unpaired) electrons. The lowest BCUT2D eigenvalue weighted by molar-refractivity contribution is 0.0507. The van der Waals surface area contributed by atoms with Crippen LogP contribution in [0.3, 0.4) is 0 Å². The zero-order valence-corrected chi connectivity index (χ0v) is 15.6. The van der Waals surface area contributed by atoms with Crippen LogP contribution in [0.15, 0.2) is 18.2 Å². The van der Waals surface area contributed by atoms with Gasteiger partial charge in [0.15, 0.2) is 11.5 Å². The third kappa shape index (κ3) is 5.10. The molecule has 1 aromatic rings. The van der Waals surface area contributed by atoms with Crippen LogP contribution in [0.1, 0.15) is 46.3 Å². The van der Waals surface area contributed by atoms with E-state index in [0.29, 0.717) is 5.75 Å². The van der Waals surface area contributed by atoms with Crippen molar-refractivity contribution in [3.8, 4) is 11.5 Å². The highest BCUT2D eigenvalue weighted by Gasteiger charge is 2.25. The summed E-state index contributed by atoms with van der Waals surface area (Å²) in [5.74, 6) is 1.42. The molecular formula is C19H32N2O3. The van der Waals surface area contributed by atoms with Crippen LogP contribution in [0.4, 0.5) is 0 Å². The van der Waals surface area contributed by atoms with Crippen LogP contribution >= 0.6 is 0 Å². The van der Waals surface area contributed by atoms with Crippen LogP contribution in [-0.4, -0.2) is 54.4 Å². The van der Waals surface area contributed by atoms with Crippen LogP contribution < -0.4 is 14.8 Å². The van der Waals surface area contributed by atoms with Crippen molar-refractivity contribution in [1.82, 2.24) is 10.2 Å². The molecule has 2 atom stereocenters. The molecule has 1 saturated heterocycles. The molecule has 136 valence electrons. The molecule has 2 unspecified atom stereocenters. The number of rotatable bonds is 7. The van der Waals surface area contributed by atoms with Gasteiger partial charge in [-0.25, -0.2) is 0 Å². The number of benzene rings is 1. The maximum Gasteiger partial charge on any atom is 0.161 e. The highest BCUT2D eigenvalue weighted by atomic mass is 16.5. The van der Waals surface area contributed by atoms with Gasteiger partial charge in [0.25, 0.3) is 0 Å². The number of hydrogen-bond acceptors (Lipinski definition) is 5. The second kappa shape index (κ2) is 8.70. The van der Waals surface area contributed by atoms with Gasteiger partial charge in [-0.15, -0.1) is 0 Å². The zero-order chi connectivity index (χ0) is 17.7. The monoisotopic (exact) mass is 336 g/mol. The van der Waals surface area contributed by atoms with Gasteiger partial charge in [-0.1, -0.05) is 6.07 Å². The molecule has 0 spiro atoms. The number of nitrogens with one attached hydrogen (secondary N) is 1. The lowest BCUT2D eigenvalue weighted by Crippen LogP contribution is -2.49. The Morgan fingerprint density at radius 2 is 1.54 bits per heavy atom. The first-order chi connectivity index (χ1) is 11.4. The Hall–Kier alpha value is -1.30. The van der Waals surface area contributed by atoms with Gasteiger partial charge in [-0.3, -0.25) is 4.90 Å². The molecule has 0 aromatic heterocycles. The number of nitrogens with zero attached hydrogens (tertiary/aromatic N) is 1. The molecule has 0 saturated carbocycles. The average molecular weight is 336 g/mol. The molecule has 1 aliphatic rings. The fourth-order valence-electron chi connectivity index (χ4n) is 2.97. The van der Waals surface area contributed by atoms with E-state index >= 15 is 0 Å². The van der Waals surface area contributed by atoms with Crippen LogP contribution in [-0.2, 0) is 0 Å². The van der Waals surface area contributed by atoms with E-state index in [-0.39, 0.29) is 18.2 Å². The topological polar surface area (TPSA) is 54.0 Å². The number of hydrogen-bond donors (Lipinski definition) is 2. The van der Waals surface area contributed by atoms with E-state index in [0.717, 1.165) is 37.5 Å². The number of ether oxygens (including phenoxy) is 2. The first kappa shape index (κ1) is 19.0. The molecular weight excluding hydrogens is 304 g/mol. The Morgan fingerprint density at radius 3 is 2.12 bits per heavy atom. The molecule has 2 N–H and O–H groups in total. The third-order valence-corrected chi connectivity index (χ3v) is 4.22. The van der Waals surface area contributed by atoms with Gasteiger partial charge >= 0.3 is 0 Å². The number of aliphatic hydroxyl groups is 1. The van der Waals surface area contributed by atoms with Crippen molar-refractivity contribution in [3.05, 3.63) is 23.8 Å². The standard InChI is InChI=1S/C19H32N2O3/c1-13(2)23-17-7-6-16(12-18(17)24-14(3)4)19(22)15(5)21-10-8-20-9-11-21/h6-7,12-15,19-20,22H,8-11H2,1-5H3. The summed E-state index contributed by atoms with van der Waals surface area (Å²) in [6.45, 7) is 13.9. The summed E-state index contributed by atoms with van der Waals surface area (Å²) in [4.78, 5) is 2.32. The van der Waals surface area contributed by atoms with Crippen LogP contribution in [0, 0.1) is 0 Å². The van der Waals surface area contributed by atoms with Crippen molar-refractivity contribution in [1.29, 1.82) is 0 Å². The molecule has 0 aliphatic carbocycles. The Bertz CT molecular complexity index is 513. The highest BCUT2D eigenvalue weighted by Crippen LogP contribution is 2.33. The van der Waals surface area contributed by atoms with Gasteiger partial charge < -0.3 is 19.9 Å². The first-order valence-corrected chi connectivity index (χ1v) is 8.98.